The van der Waals surface area contributed by atoms with Crippen LogP contribution in [0, 0.1) is 0 Å². The summed E-state index contributed by atoms with van der Waals surface area (Å²) >= 11 is 1.27. The van der Waals surface area contributed by atoms with Crippen molar-refractivity contribution in [1.82, 2.24) is 14.8 Å². The van der Waals surface area contributed by atoms with Crippen molar-refractivity contribution < 1.29 is 19.1 Å². The molecule has 1 aromatic heterocycles. The monoisotopic (exact) mass is 440 g/mol. The lowest BCUT2D eigenvalue weighted by Crippen LogP contribution is -2.17. The molecule has 8 nitrogen and oxygen atoms in total. The average molecular weight is 441 g/mol. The van der Waals surface area contributed by atoms with Gasteiger partial charge in [-0.15, -0.1) is 10.2 Å². The summed E-state index contributed by atoms with van der Waals surface area (Å²) in [5, 5.41) is 11.9. The van der Waals surface area contributed by atoms with Crippen LogP contribution in [0.15, 0.2) is 59.8 Å². The molecule has 0 unspecified atom stereocenters. The van der Waals surface area contributed by atoms with Gasteiger partial charge in [-0.2, -0.15) is 0 Å². The van der Waals surface area contributed by atoms with Crippen LogP contribution < -0.4 is 10.1 Å². The number of anilines is 1. The number of esters is 1. The van der Waals surface area contributed by atoms with Crippen LogP contribution in [0.3, 0.4) is 0 Å². The molecule has 0 saturated carbocycles. The molecule has 31 heavy (non-hydrogen) atoms. The lowest BCUT2D eigenvalue weighted by Gasteiger charge is -2.15. The summed E-state index contributed by atoms with van der Waals surface area (Å²) in [5.41, 5.74) is 0.705. The van der Waals surface area contributed by atoms with E-state index in [4.69, 9.17) is 9.47 Å². The van der Waals surface area contributed by atoms with E-state index < -0.39 is 5.97 Å². The van der Waals surface area contributed by atoms with Crippen molar-refractivity contribution in [3.8, 4) is 5.75 Å². The molecule has 2 aromatic carbocycles. The Morgan fingerprint density at radius 1 is 1.10 bits per heavy atom. The highest BCUT2D eigenvalue weighted by atomic mass is 32.2. The number of rotatable bonds is 9. The molecule has 0 aliphatic carbocycles. The number of aromatic nitrogens is 3. The van der Waals surface area contributed by atoms with Crippen LogP contribution in [0.25, 0.3) is 0 Å². The Morgan fingerprint density at radius 3 is 2.52 bits per heavy atom. The Bertz CT molecular complexity index is 1040. The third kappa shape index (κ3) is 5.64. The number of thioether (sulfide) groups is 1. The van der Waals surface area contributed by atoms with E-state index in [-0.39, 0.29) is 17.8 Å². The Balaban J connectivity index is 1.65. The van der Waals surface area contributed by atoms with E-state index >= 15 is 0 Å². The SMILES string of the molecule is CCn1c(SCC(=O)Nc2ccccc2C(=O)OC)nnc1[C@@H](C)Oc1ccccc1. The van der Waals surface area contributed by atoms with Crippen LogP contribution in [0.2, 0.25) is 0 Å². The standard InChI is InChI=1S/C22H24N4O4S/c1-4-26-20(15(2)30-16-10-6-5-7-11-16)24-25-22(26)31-14-19(27)23-18-13-9-8-12-17(18)21(28)29-3/h5-13,15H,4,14H2,1-3H3,(H,23,27)/t15-/m1/s1. The highest BCUT2D eigenvalue weighted by molar-refractivity contribution is 7.99. The number of para-hydroxylation sites is 2. The zero-order chi connectivity index (χ0) is 22.2. The summed E-state index contributed by atoms with van der Waals surface area (Å²) in [6, 6.07) is 16.2. The maximum Gasteiger partial charge on any atom is 0.339 e. The van der Waals surface area contributed by atoms with Crippen LogP contribution in [-0.2, 0) is 16.1 Å². The smallest absolute Gasteiger partial charge is 0.339 e. The van der Waals surface area contributed by atoms with E-state index in [0.29, 0.717) is 28.8 Å². The fraction of sp³-hybridized carbons (Fsp3) is 0.273. The molecule has 0 fully saturated rings. The Labute approximate surface area is 185 Å². The normalized spacial score (nSPS) is 11.6. The summed E-state index contributed by atoms with van der Waals surface area (Å²) < 4.78 is 12.6. The van der Waals surface area contributed by atoms with Crippen molar-refractivity contribution in [3.05, 3.63) is 66.0 Å². The first kappa shape index (κ1) is 22.4. The second-order valence-electron chi connectivity index (χ2n) is 6.53. The number of ether oxygens (including phenoxy) is 2. The fourth-order valence-electron chi connectivity index (χ4n) is 2.96. The van der Waals surface area contributed by atoms with Gasteiger partial charge in [-0.05, 0) is 38.1 Å². The molecule has 0 bridgehead atoms. The Hall–Kier alpha value is -3.33. The maximum atomic E-state index is 12.5. The molecule has 0 saturated heterocycles. The topological polar surface area (TPSA) is 95.3 Å². The number of hydrogen-bond donors (Lipinski definition) is 1. The van der Waals surface area contributed by atoms with Crippen LogP contribution in [0.4, 0.5) is 5.69 Å². The summed E-state index contributed by atoms with van der Waals surface area (Å²) in [5.74, 6) is 0.777. The van der Waals surface area contributed by atoms with Gasteiger partial charge < -0.3 is 19.4 Å². The van der Waals surface area contributed by atoms with Crippen LogP contribution in [0.5, 0.6) is 5.75 Å². The predicted molar refractivity (Wildman–Crippen MR) is 118 cm³/mol. The minimum absolute atomic E-state index is 0.113. The number of amides is 1. The molecular weight excluding hydrogens is 416 g/mol. The molecule has 0 aliphatic heterocycles. The summed E-state index contributed by atoms with van der Waals surface area (Å²) in [6.45, 7) is 4.53. The third-order valence-corrected chi connectivity index (χ3v) is 5.39. The van der Waals surface area contributed by atoms with Gasteiger partial charge in [-0.25, -0.2) is 4.79 Å². The van der Waals surface area contributed by atoms with E-state index in [9.17, 15) is 9.59 Å². The third-order valence-electron chi connectivity index (χ3n) is 4.42. The van der Waals surface area contributed by atoms with Gasteiger partial charge in [0.05, 0.1) is 24.1 Å². The molecular formula is C22H24N4O4S. The molecule has 1 N–H and O–H groups in total. The predicted octanol–water partition coefficient (Wildman–Crippen LogP) is 3.96. The van der Waals surface area contributed by atoms with Gasteiger partial charge >= 0.3 is 5.97 Å². The largest absolute Gasteiger partial charge is 0.483 e. The van der Waals surface area contributed by atoms with Gasteiger partial charge in [0.25, 0.3) is 0 Å². The highest BCUT2D eigenvalue weighted by Crippen LogP contribution is 2.25. The molecule has 1 amide bonds. The molecule has 1 atom stereocenters. The van der Waals surface area contributed by atoms with Crippen LogP contribution in [-0.4, -0.2) is 39.5 Å². The first-order valence-corrected chi connectivity index (χ1v) is 10.8. The molecule has 1 heterocycles. The molecule has 0 spiro atoms. The van der Waals surface area contributed by atoms with Crippen molar-refractivity contribution in [3.63, 3.8) is 0 Å². The van der Waals surface area contributed by atoms with Gasteiger partial charge in [0.1, 0.15) is 5.75 Å². The Morgan fingerprint density at radius 2 is 1.81 bits per heavy atom. The number of benzene rings is 2. The molecule has 0 aliphatic rings. The van der Waals surface area contributed by atoms with Gasteiger partial charge in [-0.1, -0.05) is 42.1 Å². The number of methoxy groups -OCH3 is 1. The van der Waals surface area contributed by atoms with Gasteiger partial charge in [0, 0.05) is 6.54 Å². The van der Waals surface area contributed by atoms with Crippen molar-refractivity contribution in [1.29, 1.82) is 0 Å². The second kappa shape index (κ2) is 10.6. The lowest BCUT2D eigenvalue weighted by molar-refractivity contribution is -0.113. The van der Waals surface area contributed by atoms with Gasteiger partial charge in [-0.3, -0.25) is 4.79 Å². The van der Waals surface area contributed by atoms with Crippen molar-refractivity contribution >= 4 is 29.3 Å². The minimum Gasteiger partial charge on any atom is -0.483 e. The second-order valence-corrected chi connectivity index (χ2v) is 7.47. The first-order valence-electron chi connectivity index (χ1n) is 9.78. The Kier molecular flexibility index (Phi) is 7.66. The van der Waals surface area contributed by atoms with Crippen molar-refractivity contribution in [2.45, 2.75) is 31.7 Å². The summed E-state index contributed by atoms with van der Waals surface area (Å²) in [4.78, 5) is 24.3. The zero-order valence-corrected chi connectivity index (χ0v) is 18.4. The maximum absolute atomic E-state index is 12.5. The van der Waals surface area contributed by atoms with Crippen LogP contribution in [0.1, 0.15) is 36.1 Å². The van der Waals surface area contributed by atoms with Gasteiger partial charge in [0.15, 0.2) is 17.1 Å². The minimum atomic E-state index is -0.508. The fourth-order valence-corrected chi connectivity index (χ4v) is 3.77. The lowest BCUT2D eigenvalue weighted by atomic mass is 10.2. The molecule has 162 valence electrons. The molecule has 3 aromatic rings. The van der Waals surface area contributed by atoms with E-state index in [2.05, 4.69) is 15.5 Å². The van der Waals surface area contributed by atoms with E-state index in [0.717, 1.165) is 5.75 Å². The number of hydrogen-bond acceptors (Lipinski definition) is 7. The quantitative estimate of drug-likeness (QED) is 0.397. The van der Waals surface area contributed by atoms with Gasteiger partial charge in [0.2, 0.25) is 5.91 Å². The van der Waals surface area contributed by atoms with Crippen molar-refractivity contribution in [2.24, 2.45) is 0 Å². The van der Waals surface area contributed by atoms with E-state index in [1.807, 2.05) is 48.7 Å². The van der Waals surface area contributed by atoms with Crippen molar-refractivity contribution in [2.75, 3.05) is 18.2 Å². The molecule has 0 radical (unpaired) electrons. The van der Waals surface area contributed by atoms with E-state index in [1.54, 1.807) is 24.3 Å². The summed E-state index contributed by atoms with van der Waals surface area (Å²) in [6.07, 6.45) is -0.301. The first-order chi connectivity index (χ1) is 15.0. The van der Waals surface area contributed by atoms with E-state index in [1.165, 1.54) is 18.9 Å². The number of carbonyl (C=O) groups is 2. The molecule has 9 heteroatoms. The summed E-state index contributed by atoms with van der Waals surface area (Å²) in [7, 11) is 1.30. The number of nitrogens with one attached hydrogen (secondary N) is 1. The highest BCUT2D eigenvalue weighted by Gasteiger charge is 2.20. The number of carbonyl (C=O) groups excluding carboxylic acids is 2. The molecule has 3 rings (SSSR count). The van der Waals surface area contributed by atoms with Crippen LogP contribution >= 0.6 is 11.8 Å². The number of nitrogens with zero attached hydrogens (tertiary/aromatic N) is 3. The average Bonchev–Trinajstić information content (AvgIpc) is 3.21. The zero-order valence-electron chi connectivity index (χ0n) is 17.6.